The van der Waals surface area contributed by atoms with Gasteiger partial charge in [0.2, 0.25) is 5.91 Å². The normalized spacial score (nSPS) is 14.3. The van der Waals surface area contributed by atoms with Gasteiger partial charge in [-0.25, -0.2) is 0 Å². The smallest absolute Gasteiger partial charge is 0.261 e. The average molecular weight is 533 g/mol. The lowest BCUT2D eigenvalue weighted by molar-refractivity contribution is -0.143. The summed E-state index contributed by atoms with van der Waals surface area (Å²) in [6.07, 6.45) is 4.56. The zero-order valence-electron chi connectivity index (χ0n) is 22.2. The maximum Gasteiger partial charge on any atom is 0.261 e. The van der Waals surface area contributed by atoms with Crippen LogP contribution in [0.1, 0.15) is 62.1 Å². The summed E-state index contributed by atoms with van der Waals surface area (Å²) in [5.41, 5.74) is 2.98. The van der Waals surface area contributed by atoms with Crippen molar-refractivity contribution in [2.75, 3.05) is 6.61 Å². The standard InChI is InChI=1S/C32H37ClN2O3/c1-23(2)25-16-18-28(19-17-25)38-22-31(36)35(21-26-12-6-9-15-29(26)33)30(20-24-10-4-3-5-11-24)32(37)34-27-13-7-8-14-27/h3-6,9-12,15-19,23,27,30H,7-8,13-14,20-22H2,1-2H3,(H,34,37)/t30-/m1/s1. The van der Waals surface area contributed by atoms with Crippen molar-refractivity contribution in [2.24, 2.45) is 0 Å². The van der Waals surface area contributed by atoms with Crippen LogP contribution in [-0.2, 0) is 22.6 Å². The van der Waals surface area contributed by atoms with Gasteiger partial charge in [0, 0.05) is 24.0 Å². The van der Waals surface area contributed by atoms with Gasteiger partial charge >= 0.3 is 0 Å². The highest BCUT2D eigenvalue weighted by molar-refractivity contribution is 6.31. The number of carbonyl (C=O) groups is 2. The van der Waals surface area contributed by atoms with E-state index in [4.69, 9.17) is 16.3 Å². The Kier molecular flexibility index (Phi) is 9.83. The second kappa shape index (κ2) is 13.5. The Bertz CT molecular complexity index is 1190. The molecule has 0 unspecified atom stereocenters. The number of carbonyl (C=O) groups excluding carboxylic acids is 2. The third-order valence-corrected chi connectivity index (χ3v) is 7.55. The predicted octanol–water partition coefficient (Wildman–Crippen LogP) is 6.54. The second-order valence-corrected chi connectivity index (χ2v) is 10.7. The molecule has 1 aliphatic rings. The van der Waals surface area contributed by atoms with Gasteiger partial charge in [0.1, 0.15) is 11.8 Å². The van der Waals surface area contributed by atoms with E-state index in [-0.39, 0.29) is 31.0 Å². The molecule has 0 heterocycles. The molecule has 0 aromatic heterocycles. The van der Waals surface area contributed by atoms with E-state index in [9.17, 15) is 9.59 Å². The maximum absolute atomic E-state index is 13.8. The monoisotopic (exact) mass is 532 g/mol. The van der Waals surface area contributed by atoms with Crippen molar-refractivity contribution in [1.29, 1.82) is 0 Å². The Morgan fingerprint density at radius 2 is 1.61 bits per heavy atom. The molecule has 38 heavy (non-hydrogen) atoms. The van der Waals surface area contributed by atoms with E-state index in [0.29, 0.717) is 23.1 Å². The van der Waals surface area contributed by atoms with Crippen LogP contribution in [0.2, 0.25) is 5.02 Å². The SMILES string of the molecule is CC(C)c1ccc(OCC(=O)N(Cc2ccccc2Cl)[C@H](Cc2ccccc2)C(=O)NC2CCCC2)cc1. The van der Waals surface area contributed by atoms with Gasteiger partial charge in [0.25, 0.3) is 5.91 Å². The summed E-state index contributed by atoms with van der Waals surface area (Å²) in [4.78, 5) is 29.1. The first-order valence-electron chi connectivity index (χ1n) is 13.5. The molecule has 5 nitrogen and oxygen atoms in total. The summed E-state index contributed by atoms with van der Waals surface area (Å²) < 4.78 is 5.91. The minimum Gasteiger partial charge on any atom is -0.484 e. The Labute approximate surface area is 231 Å². The second-order valence-electron chi connectivity index (χ2n) is 10.3. The number of rotatable bonds is 11. The molecule has 0 bridgehead atoms. The zero-order chi connectivity index (χ0) is 26.9. The molecule has 0 aliphatic heterocycles. The fourth-order valence-corrected chi connectivity index (χ4v) is 5.10. The number of amides is 2. The molecule has 6 heteroatoms. The quantitative estimate of drug-likeness (QED) is 0.305. The first-order chi connectivity index (χ1) is 18.4. The van der Waals surface area contributed by atoms with Crippen LogP contribution in [0.5, 0.6) is 5.75 Å². The predicted molar refractivity (Wildman–Crippen MR) is 152 cm³/mol. The Balaban J connectivity index is 1.59. The van der Waals surface area contributed by atoms with Crippen molar-refractivity contribution in [3.8, 4) is 5.75 Å². The van der Waals surface area contributed by atoms with Gasteiger partial charge in [-0.15, -0.1) is 0 Å². The number of nitrogens with one attached hydrogen (secondary N) is 1. The van der Waals surface area contributed by atoms with Crippen molar-refractivity contribution in [3.63, 3.8) is 0 Å². The average Bonchev–Trinajstić information content (AvgIpc) is 3.44. The van der Waals surface area contributed by atoms with Crippen LogP contribution in [0.25, 0.3) is 0 Å². The third kappa shape index (κ3) is 7.61. The minimum atomic E-state index is -0.700. The van der Waals surface area contributed by atoms with E-state index in [1.54, 1.807) is 11.0 Å². The number of hydrogen-bond acceptors (Lipinski definition) is 3. The molecular formula is C32H37ClN2O3. The summed E-state index contributed by atoms with van der Waals surface area (Å²) in [5.74, 6) is 0.632. The third-order valence-electron chi connectivity index (χ3n) is 7.18. The Hall–Kier alpha value is -3.31. The molecular weight excluding hydrogens is 496 g/mol. The van der Waals surface area contributed by atoms with Gasteiger partial charge < -0.3 is 15.0 Å². The van der Waals surface area contributed by atoms with Gasteiger partial charge in [-0.2, -0.15) is 0 Å². The van der Waals surface area contributed by atoms with E-state index < -0.39 is 6.04 Å². The Morgan fingerprint density at radius 1 is 0.947 bits per heavy atom. The minimum absolute atomic E-state index is 0.137. The highest BCUT2D eigenvalue weighted by Crippen LogP contribution is 2.23. The maximum atomic E-state index is 13.8. The van der Waals surface area contributed by atoms with E-state index in [0.717, 1.165) is 36.8 Å². The number of benzene rings is 3. The molecule has 1 saturated carbocycles. The number of ether oxygens (including phenoxy) is 1. The van der Waals surface area contributed by atoms with Crippen LogP contribution in [-0.4, -0.2) is 35.4 Å². The highest BCUT2D eigenvalue weighted by atomic mass is 35.5. The molecule has 3 aromatic rings. The molecule has 1 fully saturated rings. The summed E-state index contributed by atoms with van der Waals surface area (Å²) in [6.45, 7) is 4.31. The molecule has 2 amide bonds. The number of nitrogens with zero attached hydrogens (tertiary/aromatic N) is 1. The van der Waals surface area contributed by atoms with Crippen molar-refractivity contribution in [1.82, 2.24) is 10.2 Å². The molecule has 1 N–H and O–H groups in total. The first kappa shape index (κ1) is 27.7. The lowest BCUT2D eigenvalue weighted by Crippen LogP contribution is -2.53. The van der Waals surface area contributed by atoms with Crippen molar-refractivity contribution in [2.45, 2.75) is 70.5 Å². The van der Waals surface area contributed by atoms with Gasteiger partial charge in [-0.05, 0) is 53.6 Å². The van der Waals surface area contributed by atoms with Crippen molar-refractivity contribution in [3.05, 3.63) is 101 Å². The zero-order valence-corrected chi connectivity index (χ0v) is 23.0. The summed E-state index contributed by atoms with van der Waals surface area (Å²) in [6, 6.07) is 24.5. The highest BCUT2D eigenvalue weighted by Gasteiger charge is 2.32. The molecule has 1 aliphatic carbocycles. The molecule has 1 atom stereocenters. The van der Waals surface area contributed by atoms with Crippen molar-refractivity contribution >= 4 is 23.4 Å². The van der Waals surface area contributed by atoms with E-state index in [1.165, 1.54) is 5.56 Å². The van der Waals surface area contributed by atoms with Crippen LogP contribution < -0.4 is 10.1 Å². The molecule has 3 aromatic carbocycles. The van der Waals surface area contributed by atoms with Gasteiger partial charge in [-0.3, -0.25) is 9.59 Å². The largest absolute Gasteiger partial charge is 0.484 e. The number of halogens is 1. The van der Waals surface area contributed by atoms with E-state index in [1.807, 2.05) is 72.8 Å². The molecule has 200 valence electrons. The fraction of sp³-hybridized carbons (Fsp3) is 0.375. The molecule has 4 rings (SSSR count). The molecule has 0 spiro atoms. The van der Waals surface area contributed by atoms with Crippen LogP contribution in [0.15, 0.2) is 78.9 Å². The summed E-state index contributed by atoms with van der Waals surface area (Å²) in [5, 5.41) is 3.78. The summed E-state index contributed by atoms with van der Waals surface area (Å²) in [7, 11) is 0. The van der Waals surface area contributed by atoms with E-state index >= 15 is 0 Å². The van der Waals surface area contributed by atoms with E-state index in [2.05, 4.69) is 19.2 Å². The van der Waals surface area contributed by atoms with Crippen LogP contribution >= 0.6 is 11.6 Å². The van der Waals surface area contributed by atoms with Gasteiger partial charge in [0.15, 0.2) is 6.61 Å². The molecule has 0 radical (unpaired) electrons. The molecule has 0 saturated heterocycles. The lowest BCUT2D eigenvalue weighted by Gasteiger charge is -2.32. The van der Waals surface area contributed by atoms with Crippen LogP contribution in [0.3, 0.4) is 0 Å². The lowest BCUT2D eigenvalue weighted by atomic mass is 10.0. The van der Waals surface area contributed by atoms with Gasteiger partial charge in [0.05, 0.1) is 0 Å². The number of hydrogen-bond donors (Lipinski definition) is 1. The first-order valence-corrected chi connectivity index (χ1v) is 13.9. The fourth-order valence-electron chi connectivity index (χ4n) is 4.91. The van der Waals surface area contributed by atoms with Crippen LogP contribution in [0, 0.1) is 0 Å². The topological polar surface area (TPSA) is 58.6 Å². The van der Waals surface area contributed by atoms with Crippen LogP contribution in [0.4, 0.5) is 0 Å². The summed E-state index contributed by atoms with van der Waals surface area (Å²) >= 11 is 6.50. The van der Waals surface area contributed by atoms with Crippen molar-refractivity contribution < 1.29 is 14.3 Å². The van der Waals surface area contributed by atoms with Gasteiger partial charge in [-0.1, -0.05) is 99.0 Å². The Morgan fingerprint density at radius 3 is 2.26 bits per heavy atom.